The van der Waals surface area contributed by atoms with E-state index in [4.69, 9.17) is 15.2 Å². The molecule has 0 unspecified atom stereocenters. The van der Waals surface area contributed by atoms with Gasteiger partial charge < -0.3 is 15.2 Å². The molecule has 1 fully saturated rings. The van der Waals surface area contributed by atoms with Gasteiger partial charge in [0.2, 0.25) is 10.0 Å². The van der Waals surface area contributed by atoms with Crippen molar-refractivity contribution in [2.45, 2.75) is 24.3 Å². The SMILES string of the molecule is COc1ccc(N)cc1S(=O)(=O)N1CCOC(C)(C)C1. The Labute approximate surface area is 119 Å². The second-order valence-electron chi connectivity index (χ2n) is 5.36. The van der Waals surface area contributed by atoms with Crippen LogP contribution in [-0.4, -0.2) is 45.1 Å². The highest BCUT2D eigenvalue weighted by Crippen LogP contribution is 2.31. The topological polar surface area (TPSA) is 81.9 Å². The Kier molecular flexibility index (Phi) is 3.95. The fourth-order valence-electron chi connectivity index (χ4n) is 2.21. The summed E-state index contributed by atoms with van der Waals surface area (Å²) in [6.07, 6.45) is 0. The van der Waals surface area contributed by atoms with Crippen molar-refractivity contribution < 1.29 is 17.9 Å². The van der Waals surface area contributed by atoms with Crippen molar-refractivity contribution in [3.63, 3.8) is 0 Å². The number of anilines is 1. The molecule has 1 aliphatic rings. The molecular weight excluding hydrogens is 280 g/mol. The largest absolute Gasteiger partial charge is 0.495 e. The van der Waals surface area contributed by atoms with Crippen LogP contribution < -0.4 is 10.5 Å². The number of nitrogens with zero attached hydrogens (tertiary/aromatic N) is 1. The molecule has 0 spiro atoms. The molecule has 112 valence electrons. The summed E-state index contributed by atoms with van der Waals surface area (Å²) in [4.78, 5) is 0.0951. The highest BCUT2D eigenvalue weighted by molar-refractivity contribution is 7.89. The lowest BCUT2D eigenvalue weighted by molar-refractivity contribution is -0.0640. The number of hydrogen-bond acceptors (Lipinski definition) is 5. The van der Waals surface area contributed by atoms with E-state index in [1.165, 1.54) is 17.5 Å². The van der Waals surface area contributed by atoms with Crippen molar-refractivity contribution >= 4 is 15.7 Å². The summed E-state index contributed by atoms with van der Waals surface area (Å²) in [6, 6.07) is 4.60. The molecule has 2 rings (SSSR count). The lowest BCUT2D eigenvalue weighted by atomic mass is 10.1. The number of nitrogen functional groups attached to an aromatic ring is 1. The summed E-state index contributed by atoms with van der Waals surface area (Å²) in [5.41, 5.74) is 5.58. The molecule has 0 atom stereocenters. The molecule has 20 heavy (non-hydrogen) atoms. The van der Waals surface area contributed by atoms with Crippen LogP contribution in [0.4, 0.5) is 5.69 Å². The normalized spacial score (nSPS) is 19.8. The Morgan fingerprint density at radius 3 is 2.70 bits per heavy atom. The van der Waals surface area contributed by atoms with E-state index in [0.717, 1.165) is 0 Å². The minimum absolute atomic E-state index is 0.0951. The van der Waals surface area contributed by atoms with Crippen LogP contribution in [-0.2, 0) is 14.8 Å². The Hall–Kier alpha value is -1.31. The maximum Gasteiger partial charge on any atom is 0.247 e. The zero-order valence-corrected chi connectivity index (χ0v) is 12.7. The summed E-state index contributed by atoms with van der Waals surface area (Å²) < 4.78 is 37.6. The van der Waals surface area contributed by atoms with Crippen LogP contribution in [0.25, 0.3) is 0 Å². The molecule has 7 heteroatoms. The molecule has 1 heterocycles. The van der Waals surface area contributed by atoms with Crippen LogP contribution in [0.1, 0.15) is 13.8 Å². The highest BCUT2D eigenvalue weighted by Gasteiger charge is 2.36. The molecular formula is C13H20N2O4S. The number of hydrogen-bond donors (Lipinski definition) is 1. The van der Waals surface area contributed by atoms with Gasteiger partial charge in [-0.3, -0.25) is 0 Å². The van der Waals surface area contributed by atoms with Crippen LogP contribution >= 0.6 is 0 Å². The van der Waals surface area contributed by atoms with Crippen molar-refractivity contribution in [2.24, 2.45) is 0 Å². The van der Waals surface area contributed by atoms with Gasteiger partial charge in [0.1, 0.15) is 10.6 Å². The predicted octanol–water partition coefficient (Wildman–Crippen LogP) is 1.08. The molecule has 0 saturated carbocycles. The first kappa shape index (κ1) is 15.1. The number of morpholine rings is 1. The Balaban J connectivity index is 2.42. The third kappa shape index (κ3) is 2.89. The third-order valence-electron chi connectivity index (χ3n) is 3.20. The van der Waals surface area contributed by atoms with E-state index in [9.17, 15) is 8.42 Å². The standard InChI is InChI=1S/C13H20N2O4S/c1-13(2)9-15(6-7-19-13)20(16,17)12-8-10(14)4-5-11(12)18-3/h4-5,8H,6-7,9,14H2,1-3H3. The average Bonchev–Trinajstić information content (AvgIpc) is 2.37. The Morgan fingerprint density at radius 2 is 2.10 bits per heavy atom. The average molecular weight is 300 g/mol. The van der Waals surface area contributed by atoms with E-state index in [2.05, 4.69) is 0 Å². The van der Waals surface area contributed by atoms with Gasteiger partial charge in [0.25, 0.3) is 0 Å². The van der Waals surface area contributed by atoms with Gasteiger partial charge in [0, 0.05) is 18.8 Å². The first-order chi connectivity index (χ1) is 9.26. The summed E-state index contributed by atoms with van der Waals surface area (Å²) >= 11 is 0. The maximum atomic E-state index is 12.7. The van der Waals surface area contributed by atoms with Crippen LogP contribution in [0.3, 0.4) is 0 Å². The minimum atomic E-state index is -3.65. The second-order valence-corrected chi connectivity index (χ2v) is 7.26. The first-order valence-electron chi connectivity index (χ1n) is 6.34. The molecule has 0 radical (unpaired) electrons. The molecule has 1 aromatic carbocycles. The number of methoxy groups -OCH3 is 1. The fourth-order valence-corrected chi connectivity index (χ4v) is 3.98. The van der Waals surface area contributed by atoms with E-state index in [0.29, 0.717) is 31.1 Å². The number of nitrogens with two attached hydrogens (primary N) is 1. The van der Waals surface area contributed by atoms with Crippen molar-refractivity contribution in [3.8, 4) is 5.75 Å². The van der Waals surface area contributed by atoms with Crippen molar-refractivity contribution in [1.29, 1.82) is 0 Å². The molecule has 2 N–H and O–H groups in total. The quantitative estimate of drug-likeness (QED) is 0.845. The summed E-state index contributed by atoms with van der Waals surface area (Å²) in [5, 5.41) is 0. The monoisotopic (exact) mass is 300 g/mol. The van der Waals surface area contributed by atoms with Gasteiger partial charge in [-0.2, -0.15) is 4.31 Å². The van der Waals surface area contributed by atoms with E-state index in [-0.39, 0.29) is 4.90 Å². The number of sulfonamides is 1. The minimum Gasteiger partial charge on any atom is -0.495 e. The molecule has 0 amide bonds. The number of rotatable bonds is 3. The van der Waals surface area contributed by atoms with E-state index in [1.807, 2.05) is 13.8 Å². The van der Waals surface area contributed by atoms with Crippen molar-refractivity contribution in [2.75, 3.05) is 32.5 Å². The molecule has 6 nitrogen and oxygen atoms in total. The molecule has 0 aromatic heterocycles. The van der Waals surface area contributed by atoms with Gasteiger partial charge in [-0.1, -0.05) is 0 Å². The van der Waals surface area contributed by atoms with Crippen LogP contribution in [0.2, 0.25) is 0 Å². The van der Waals surface area contributed by atoms with E-state index < -0.39 is 15.6 Å². The third-order valence-corrected chi connectivity index (χ3v) is 5.06. The fraction of sp³-hybridized carbons (Fsp3) is 0.538. The Morgan fingerprint density at radius 1 is 1.40 bits per heavy atom. The molecule has 1 aromatic rings. The maximum absolute atomic E-state index is 12.7. The van der Waals surface area contributed by atoms with Crippen LogP contribution in [0, 0.1) is 0 Å². The first-order valence-corrected chi connectivity index (χ1v) is 7.78. The number of ether oxygens (including phenoxy) is 2. The molecule has 0 aliphatic carbocycles. The molecule has 1 saturated heterocycles. The van der Waals surface area contributed by atoms with Crippen LogP contribution in [0.5, 0.6) is 5.75 Å². The summed E-state index contributed by atoms with van der Waals surface area (Å²) in [6.45, 7) is 4.73. The number of benzene rings is 1. The Bertz CT molecular complexity index is 598. The van der Waals surface area contributed by atoms with Crippen LogP contribution in [0.15, 0.2) is 23.1 Å². The zero-order valence-electron chi connectivity index (χ0n) is 11.9. The lowest BCUT2D eigenvalue weighted by Gasteiger charge is -2.37. The zero-order chi connectivity index (χ0) is 15.0. The van der Waals surface area contributed by atoms with Gasteiger partial charge in [0.05, 0.1) is 19.3 Å². The predicted molar refractivity (Wildman–Crippen MR) is 76.2 cm³/mol. The van der Waals surface area contributed by atoms with E-state index >= 15 is 0 Å². The molecule has 1 aliphatic heterocycles. The van der Waals surface area contributed by atoms with Gasteiger partial charge in [-0.05, 0) is 32.0 Å². The highest BCUT2D eigenvalue weighted by atomic mass is 32.2. The van der Waals surface area contributed by atoms with Gasteiger partial charge in [0.15, 0.2) is 0 Å². The summed E-state index contributed by atoms with van der Waals surface area (Å²) in [5.74, 6) is 0.295. The van der Waals surface area contributed by atoms with Crippen molar-refractivity contribution in [1.82, 2.24) is 4.31 Å². The molecule has 0 bridgehead atoms. The smallest absolute Gasteiger partial charge is 0.247 e. The van der Waals surface area contributed by atoms with E-state index in [1.54, 1.807) is 12.1 Å². The van der Waals surface area contributed by atoms with Gasteiger partial charge in [-0.25, -0.2) is 8.42 Å². The van der Waals surface area contributed by atoms with Crippen molar-refractivity contribution in [3.05, 3.63) is 18.2 Å². The second kappa shape index (κ2) is 5.23. The van der Waals surface area contributed by atoms with Gasteiger partial charge >= 0.3 is 0 Å². The van der Waals surface area contributed by atoms with Gasteiger partial charge in [-0.15, -0.1) is 0 Å². The lowest BCUT2D eigenvalue weighted by Crippen LogP contribution is -2.50. The summed E-state index contributed by atoms with van der Waals surface area (Å²) in [7, 11) is -2.21.